The zero-order valence-corrected chi connectivity index (χ0v) is 14.2. The minimum Gasteiger partial charge on any atom is -0.482 e. The second kappa shape index (κ2) is 7.21. The molecule has 0 atom stereocenters. The molecule has 0 radical (unpaired) electrons. The zero-order valence-electron chi connectivity index (χ0n) is 14.2. The van der Waals surface area contributed by atoms with Gasteiger partial charge < -0.3 is 14.6 Å². The molecule has 5 heteroatoms. The van der Waals surface area contributed by atoms with Gasteiger partial charge in [0, 0.05) is 11.6 Å². The number of aryl methyl sites for hydroxylation is 2. The molecule has 25 heavy (non-hydrogen) atoms. The van der Waals surface area contributed by atoms with Crippen molar-refractivity contribution in [1.29, 1.82) is 0 Å². The lowest BCUT2D eigenvalue weighted by Crippen LogP contribution is -2.09. The second-order valence-electron chi connectivity index (χ2n) is 5.73. The van der Waals surface area contributed by atoms with Crippen LogP contribution in [0, 0.1) is 6.92 Å². The predicted molar refractivity (Wildman–Crippen MR) is 95.5 cm³/mol. The van der Waals surface area contributed by atoms with Gasteiger partial charge in [0.25, 0.3) is 0 Å². The molecule has 1 N–H and O–H groups in total. The van der Waals surface area contributed by atoms with E-state index in [0.29, 0.717) is 11.5 Å². The van der Waals surface area contributed by atoms with E-state index in [0.717, 1.165) is 28.6 Å². The number of nitrogens with zero attached hydrogens (tertiary/aromatic N) is 1. The third-order valence-corrected chi connectivity index (χ3v) is 3.90. The molecule has 0 spiro atoms. The predicted octanol–water partition coefficient (Wildman–Crippen LogP) is 4.36. The van der Waals surface area contributed by atoms with E-state index in [-0.39, 0.29) is 6.61 Å². The Balaban J connectivity index is 1.95. The van der Waals surface area contributed by atoms with Crippen LogP contribution in [-0.2, 0) is 11.2 Å². The molecule has 3 rings (SSSR count). The molecule has 5 nitrogen and oxygen atoms in total. The van der Waals surface area contributed by atoms with Crippen molar-refractivity contribution in [2.45, 2.75) is 20.3 Å². The highest BCUT2D eigenvalue weighted by atomic mass is 16.5. The monoisotopic (exact) mass is 337 g/mol. The molecule has 0 unspecified atom stereocenters. The van der Waals surface area contributed by atoms with Crippen molar-refractivity contribution >= 4 is 16.9 Å². The molecule has 0 fully saturated rings. The van der Waals surface area contributed by atoms with Gasteiger partial charge in [-0.3, -0.25) is 4.98 Å². The summed E-state index contributed by atoms with van der Waals surface area (Å²) in [5.74, 6) is 0.875. The Bertz CT molecular complexity index is 921. The molecule has 1 aromatic heterocycles. The highest BCUT2D eigenvalue weighted by molar-refractivity contribution is 5.86. The molecule has 0 saturated heterocycles. The number of fused-ring (bicyclic) bond motifs is 1. The molecular weight excluding hydrogens is 318 g/mol. The van der Waals surface area contributed by atoms with Crippen LogP contribution < -0.4 is 9.47 Å². The third kappa shape index (κ3) is 3.88. The van der Waals surface area contributed by atoms with Gasteiger partial charge in [-0.1, -0.05) is 19.1 Å². The fourth-order valence-electron chi connectivity index (χ4n) is 2.59. The molecule has 0 aliphatic heterocycles. The van der Waals surface area contributed by atoms with Gasteiger partial charge in [-0.2, -0.15) is 0 Å². The molecule has 0 aliphatic rings. The molecule has 0 bridgehead atoms. The van der Waals surface area contributed by atoms with Crippen LogP contribution in [0.2, 0.25) is 0 Å². The van der Waals surface area contributed by atoms with E-state index < -0.39 is 5.97 Å². The lowest BCUT2D eigenvalue weighted by Gasteiger charge is -2.12. The zero-order chi connectivity index (χ0) is 17.8. The average molecular weight is 337 g/mol. The van der Waals surface area contributed by atoms with Crippen molar-refractivity contribution in [3.05, 3.63) is 59.8 Å². The fraction of sp³-hybridized carbons (Fsp3) is 0.200. The van der Waals surface area contributed by atoms with Crippen molar-refractivity contribution in [3.63, 3.8) is 0 Å². The molecule has 0 aliphatic carbocycles. The van der Waals surface area contributed by atoms with E-state index in [1.807, 2.05) is 19.1 Å². The molecule has 0 amide bonds. The van der Waals surface area contributed by atoms with Crippen LogP contribution >= 0.6 is 0 Å². The van der Waals surface area contributed by atoms with Gasteiger partial charge in [-0.25, -0.2) is 4.79 Å². The van der Waals surface area contributed by atoms with Crippen molar-refractivity contribution in [2.75, 3.05) is 6.61 Å². The van der Waals surface area contributed by atoms with Crippen LogP contribution in [0.4, 0.5) is 0 Å². The molecule has 2 aromatic carbocycles. The SMILES string of the molecule is CCc1ccc(Oc2ccnc3ccc(OCC(=O)O)cc23)c(C)c1. The number of pyridine rings is 1. The van der Waals surface area contributed by atoms with Crippen molar-refractivity contribution in [2.24, 2.45) is 0 Å². The Kier molecular flexibility index (Phi) is 4.84. The second-order valence-corrected chi connectivity index (χ2v) is 5.73. The number of hydrogen-bond acceptors (Lipinski definition) is 4. The fourth-order valence-corrected chi connectivity index (χ4v) is 2.59. The number of rotatable bonds is 6. The summed E-state index contributed by atoms with van der Waals surface area (Å²) in [5.41, 5.74) is 3.07. The van der Waals surface area contributed by atoms with Gasteiger partial charge in [-0.05, 0) is 54.8 Å². The summed E-state index contributed by atoms with van der Waals surface area (Å²) in [7, 11) is 0. The van der Waals surface area contributed by atoms with Crippen LogP contribution in [0.5, 0.6) is 17.2 Å². The minimum absolute atomic E-state index is 0.389. The maximum Gasteiger partial charge on any atom is 0.341 e. The van der Waals surface area contributed by atoms with Crippen LogP contribution in [0.15, 0.2) is 48.7 Å². The van der Waals surface area contributed by atoms with E-state index in [4.69, 9.17) is 14.6 Å². The minimum atomic E-state index is -1.02. The number of aliphatic carboxylic acids is 1. The van der Waals surface area contributed by atoms with Gasteiger partial charge in [0.05, 0.1) is 5.52 Å². The molecule has 3 aromatic rings. The summed E-state index contributed by atoms with van der Waals surface area (Å²) in [5, 5.41) is 9.52. The van der Waals surface area contributed by atoms with Crippen molar-refractivity contribution in [3.8, 4) is 17.2 Å². The summed E-state index contributed by atoms with van der Waals surface area (Å²) in [6, 6.07) is 13.1. The Labute approximate surface area is 145 Å². The maximum absolute atomic E-state index is 10.7. The topological polar surface area (TPSA) is 68.7 Å². The van der Waals surface area contributed by atoms with Gasteiger partial charge >= 0.3 is 5.97 Å². The summed E-state index contributed by atoms with van der Waals surface area (Å²) in [6.07, 6.45) is 2.66. The number of benzene rings is 2. The average Bonchev–Trinajstić information content (AvgIpc) is 2.61. The standard InChI is InChI=1S/C20H19NO4/c1-3-14-4-7-18(13(2)10-14)25-19-8-9-21-17-6-5-15(11-16(17)19)24-12-20(22)23/h4-11H,3,12H2,1-2H3,(H,22,23). The number of carbonyl (C=O) groups is 1. The highest BCUT2D eigenvalue weighted by Crippen LogP contribution is 2.33. The first-order chi connectivity index (χ1) is 12.1. The van der Waals surface area contributed by atoms with Crippen molar-refractivity contribution in [1.82, 2.24) is 4.98 Å². The Morgan fingerprint density at radius 2 is 1.96 bits per heavy atom. The molecule has 0 saturated carbocycles. The number of ether oxygens (including phenoxy) is 2. The first kappa shape index (κ1) is 16.8. The molecule has 1 heterocycles. The van der Waals surface area contributed by atoms with Gasteiger partial charge in [0.1, 0.15) is 17.2 Å². The molecular formula is C20H19NO4. The van der Waals surface area contributed by atoms with E-state index in [9.17, 15) is 4.79 Å². The summed E-state index contributed by atoms with van der Waals surface area (Å²) in [6.45, 7) is 3.74. The first-order valence-electron chi connectivity index (χ1n) is 8.07. The smallest absolute Gasteiger partial charge is 0.341 e. The van der Waals surface area contributed by atoms with E-state index in [1.165, 1.54) is 5.56 Å². The Morgan fingerprint density at radius 3 is 2.68 bits per heavy atom. The van der Waals surface area contributed by atoms with Gasteiger partial charge in [0.15, 0.2) is 6.61 Å². The Hall–Kier alpha value is -3.08. The normalized spacial score (nSPS) is 10.6. The van der Waals surface area contributed by atoms with Crippen LogP contribution in [-0.4, -0.2) is 22.7 Å². The van der Waals surface area contributed by atoms with Crippen LogP contribution in [0.3, 0.4) is 0 Å². The number of aromatic nitrogens is 1. The number of carboxylic acids is 1. The molecule has 128 valence electrons. The Morgan fingerprint density at radius 1 is 1.12 bits per heavy atom. The summed E-state index contributed by atoms with van der Waals surface area (Å²) >= 11 is 0. The first-order valence-corrected chi connectivity index (χ1v) is 8.07. The summed E-state index contributed by atoms with van der Waals surface area (Å²) in [4.78, 5) is 15.0. The third-order valence-electron chi connectivity index (χ3n) is 3.90. The van der Waals surface area contributed by atoms with E-state index >= 15 is 0 Å². The van der Waals surface area contributed by atoms with Gasteiger partial charge in [0.2, 0.25) is 0 Å². The van der Waals surface area contributed by atoms with E-state index in [2.05, 4.69) is 18.0 Å². The van der Waals surface area contributed by atoms with Crippen LogP contribution in [0.1, 0.15) is 18.1 Å². The summed E-state index contributed by atoms with van der Waals surface area (Å²) < 4.78 is 11.3. The maximum atomic E-state index is 10.7. The van der Waals surface area contributed by atoms with Gasteiger partial charge in [-0.15, -0.1) is 0 Å². The lowest BCUT2D eigenvalue weighted by atomic mass is 10.1. The largest absolute Gasteiger partial charge is 0.482 e. The lowest BCUT2D eigenvalue weighted by molar-refractivity contribution is -0.139. The van der Waals surface area contributed by atoms with Crippen LogP contribution in [0.25, 0.3) is 10.9 Å². The van der Waals surface area contributed by atoms with E-state index in [1.54, 1.807) is 30.5 Å². The number of carboxylic acid groups (broad SMARTS) is 1. The highest BCUT2D eigenvalue weighted by Gasteiger charge is 2.09. The quantitative estimate of drug-likeness (QED) is 0.724. The van der Waals surface area contributed by atoms with Crippen molar-refractivity contribution < 1.29 is 19.4 Å². The number of hydrogen-bond donors (Lipinski definition) is 1.